The SMILES string of the molecule is CO[C@@H]1CCC[C@H]1N[C@H](C)CC(C)(C)c1c[nH]c2ccccc12. The van der Waals surface area contributed by atoms with Crippen molar-refractivity contribution in [3.8, 4) is 0 Å². The zero-order valence-corrected chi connectivity index (χ0v) is 14.9. The first-order chi connectivity index (χ1) is 11.0. The van der Waals surface area contributed by atoms with Crippen molar-refractivity contribution in [2.24, 2.45) is 0 Å². The van der Waals surface area contributed by atoms with Crippen LogP contribution in [0.5, 0.6) is 0 Å². The van der Waals surface area contributed by atoms with Crippen LogP contribution >= 0.6 is 0 Å². The lowest BCUT2D eigenvalue weighted by Crippen LogP contribution is -2.44. The van der Waals surface area contributed by atoms with Gasteiger partial charge >= 0.3 is 0 Å². The van der Waals surface area contributed by atoms with E-state index < -0.39 is 0 Å². The van der Waals surface area contributed by atoms with Crippen molar-refractivity contribution in [2.45, 2.75) is 70.1 Å². The molecule has 1 fully saturated rings. The largest absolute Gasteiger partial charge is 0.380 e. The summed E-state index contributed by atoms with van der Waals surface area (Å²) in [5, 5.41) is 5.16. The Kier molecular flexibility index (Phi) is 4.79. The third-order valence-electron chi connectivity index (χ3n) is 5.39. The molecule has 1 saturated carbocycles. The van der Waals surface area contributed by atoms with Crippen LogP contribution in [0.2, 0.25) is 0 Å². The zero-order chi connectivity index (χ0) is 16.4. The van der Waals surface area contributed by atoms with Crippen LogP contribution in [-0.2, 0) is 10.2 Å². The van der Waals surface area contributed by atoms with Gasteiger partial charge in [-0.3, -0.25) is 0 Å². The van der Waals surface area contributed by atoms with Crippen molar-refractivity contribution in [1.29, 1.82) is 0 Å². The molecule has 23 heavy (non-hydrogen) atoms. The second-order valence-electron chi connectivity index (χ2n) is 7.72. The Bertz CT molecular complexity index is 646. The second-order valence-corrected chi connectivity index (χ2v) is 7.72. The highest BCUT2D eigenvalue weighted by molar-refractivity contribution is 5.84. The summed E-state index contributed by atoms with van der Waals surface area (Å²) in [6, 6.07) is 9.56. The number of hydrogen-bond acceptors (Lipinski definition) is 2. The molecule has 126 valence electrons. The highest BCUT2D eigenvalue weighted by atomic mass is 16.5. The Labute approximate surface area is 139 Å². The van der Waals surface area contributed by atoms with Crippen LogP contribution in [0, 0.1) is 0 Å². The number of H-pyrrole nitrogens is 1. The van der Waals surface area contributed by atoms with E-state index in [9.17, 15) is 0 Å². The van der Waals surface area contributed by atoms with E-state index in [0.29, 0.717) is 18.2 Å². The minimum absolute atomic E-state index is 0.132. The maximum atomic E-state index is 5.62. The van der Waals surface area contributed by atoms with Crippen molar-refractivity contribution in [1.82, 2.24) is 10.3 Å². The van der Waals surface area contributed by atoms with Gasteiger partial charge in [-0.05, 0) is 49.7 Å². The first kappa shape index (κ1) is 16.5. The predicted molar refractivity (Wildman–Crippen MR) is 97.0 cm³/mol. The van der Waals surface area contributed by atoms with Crippen LogP contribution in [-0.4, -0.2) is 30.3 Å². The maximum Gasteiger partial charge on any atom is 0.0724 e. The third-order valence-corrected chi connectivity index (χ3v) is 5.39. The maximum absolute atomic E-state index is 5.62. The zero-order valence-electron chi connectivity index (χ0n) is 14.9. The van der Waals surface area contributed by atoms with Crippen molar-refractivity contribution in [3.63, 3.8) is 0 Å². The molecule has 1 aliphatic carbocycles. The van der Waals surface area contributed by atoms with E-state index >= 15 is 0 Å². The number of nitrogens with one attached hydrogen (secondary N) is 2. The number of ether oxygens (including phenoxy) is 1. The van der Waals surface area contributed by atoms with Gasteiger partial charge in [0, 0.05) is 36.3 Å². The standard InChI is InChI=1S/C20H30N2O/c1-14(22-18-10-7-11-19(18)23-4)12-20(2,3)16-13-21-17-9-6-5-8-15(16)17/h5-6,8-9,13-14,18-19,21-22H,7,10-12H2,1-4H3/t14-,18-,19-/m1/s1. The summed E-state index contributed by atoms with van der Waals surface area (Å²) in [5.41, 5.74) is 2.77. The van der Waals surface area contributed by atoms with E-state index in [2.05, 4.69) is 61.5 Å². The van der Waals surface area contributed by atoms with Crippen molar-refractivity contribution >= 4 is 10.9 Å². The quantitative estimate of drug-likeness (QED) is 0.830. The van der Waals surface area contributed by atoms with Gasteiger partial charge in [0.05, 0.1) is 6.10 Å². The average molecular weight is 314 g/mol. The summed E-state index contributed by atoms with van der Waals surface area (Å²) in [7, 11) is 1.84. The predicted octanol–water partition coefficient (Wildman–Crippen LogP) is 4.38. The number of aromatic amines is 1. The average Bonchev–Trinajstić information content (AvgIpc) is 3.12. The summed E-state index contributed by atoms with van der Waals surface area (Å²) in [6.45, 7) is 7.01. The Balaban J connectivity index is 1.70. The fraction of sp³-hybridized carbons (Fsp3) is 0.600. The molecule has 2 N–H and O–H groups in total. The van der Waals surface area contributed by atoms with Crippen LogP contribution < -0.4 is 5.32 Å². The van der Waals surface area contributed by atoms with Gasteiger partial charge in [-0.1, -0.05) is 32.0 Å². The highest BCUT2D eigenvalue weighted by Crippen LogP contribution is 2.34. The van der Waals surface area contributed by atoms with Crippen molar-refractivity contribution in [2.75, 3.05) is 7.11 Å². The van der Waals surface area contributed by atoms with E-state index in [-0.39, 0.29) is 5.41 Å². The fourth-order valence-corrected chi connectivity index (χ4v) is 4.33. The van der Waals surface area contributed by atoms with Gasteiger partial charge in [0.2, 0.25) is 0 Å². The molecule has 3 nitrogen and oxygen atoms in total. The molecule has 1 heterocycles. The van der Waals surface area contributed by atoms with Crippen molar-refractivity contribution in [3.05, 3.63) is 36.0 Å². The molecule has 3 heteroatoms. The number of rotatable bonds is 6. The Hall–Kier alpha value is -1.32. The van der Waals surface area contributed by atoms with E-state index in [1.54, 1.807) is 0 Å². The number of para-hydroxylation sites is 1. The van der Waals surface area contributed by atoms with Gasteiger partial charge in [0.15, 0.2) is 0 Å². The number of fused-ring (bicyclic) bond motifs is 1. The van der Waals surface area contributed by atoms with Crippen LogP contribution in [0.3, 0.4) is 0 Å². The van der Waals surface area contributed by atoms with Gasteiger partial charge in [-0.2, -0.15) is 0 Å². The number of aromatic nitrogens is 1. The molecule has 0 spiro atoms. The van der Waals surface area contributed by atoms with E-state index in [1.807, 2.05) is 7.11 Å². The van der Waals surface area contributed by atoms with Crippen LogP contribution in [0.4, 0.5) is 0 Å². The normalized spacial score (nSPS) is 23.5. The molecule has 0 unspecified atom stereocenters. The lowest BCUT2D eigenvalue weighted by molar-refractivity contribution is 0.0806. The van der Waals surface area contributed by atoms with Gasteiger partial charge in [0.25, 0.3) is 0 Å². The summed E-state index contributed by atoms with van der Waals surface area (Å²) < 4.78 is 5.62. The minimum atomic E-state index is 0.132. The molecular formula is C20H30N2O. The van der Waals surface area contributed by atoms with E-state index in [1.165, 1.54) is 35.7 Å². The summed E-state index contributed by atoms with van der Waals surface area (Å²) in [4.78, 5) is 3.42. The van der Waals surface area contributed by atoms with Gasteiger partial charge in [-0.25, -0.2) is 0 Å². The molecule has 0 bridgehead atoms. The highest BCUT2D eigenvalue weighted by Gasteiger charge is 2.31. The number of hydrogen-bond donors (Lipinski definition) is 2. The monoisotopic (exact) mass is 314 g/mol. The van der Waals surface area contributed by atoms with Gasteiger partial charge < -0.3 is 15.0 Å². The third kappa shape index (κ3) is 3.46. The topological polar surface area (TPSA) is 37.0 Å². The lowest BCUT2D eigenvalue weighted by atomic mass is 9.79. The van der Waals surface area contributed by atoms with E-state index in [4.69, 9.17) is 4.74 Å². The fourth-order valence-electron chi connectivity index (χ4n) is 4.33. The summed E-state index contributed by atoms with van der Waals surface area (Å²) in [5.74, 6) is 0. The molecule has 3 atom stereocenters. The smallest absolute Gasteiger partial charge is 0.0724 e. The minimum Gasteiger partial charge on any atom is -0.380 e. The second kappa shape index (κ2) is 6.66. The van der Waals surface area contributed by atoms with Gasteiger partial charge in [-0.15, -0.1) is 0 Å². The molecule has 1 aliphatic rings. The lowest BCUT2D eigenvalue weighted by Gasteiger charge is -2.31. The Morgan fingerprint density at radius 3 is 2.87 bits per heavy atom. The molecule has 0 radical (unpaired) electrons. The number of methoxy groups -OCH3 is 1. The van der Waals surface area contributed by atoms with Gasteiger partial charge in [0.1, 0.15) is 0 Å². The van der Waals surface area contributed by atoms with Crippen LogP contribution in [0.15, 0.2) is 30.5 Å². The Morgan fingerprint density at radius 2 is 2.09 bits per heavy atom. The molecule has 0 aliphatic heterocycles. The number of benzene rings is 1. The molecule has 0 amide bonds. The first-order valence-corrected chi connectivity index (χ1v) is 8.86. The van der Waals surface area contributed by atoms with Crippen molar-refractivity contribution < 1.29 is 4.74 Å². The van der Waals surface area contributed by atoms with E-state index in [0.717, 1.165) is 6.42 Å². The summed E-state index contributed by atoms with van der Waals surface area (Å²) >= 11 is 0. The summed E-state index contributed by atoms with van der Waals surface area (Å²) in [6.07, 6.45) is 7.37. The van der Waals surface area contributed by atoms with Crippen LogP contribution in [0.1, 0.15) is 52.0 Å². The molecule has 3 rings (SSSR count). The molecular weight excluding hydrogens is 284 g/mol. The molecule has 1 aromatic carbocycles. The Morgan fingerprint density at radius 1 is 1.30 bits per heavy atom. The van der Waals surface area contributed by atoms with Crippen LogP contribution in [0.25, 0.3) is 10.9 Å². The molecule has 2 aromatic rings. The molecule has 1 aromatic heterocycles. The first-order valence-electron chi connectivity index (χ1n) is 8.86. The molecule has 0 saturated heterocycles.